The molecular formula is C32H44N2O13. The summed E-state index contributed by atoms with van der Waals surface area (Å²) in [5.74, 6) is -2.11. The van der Waals surface area contributed by atoms with Crippen molar-refractivity contribution in [2.24, 2.45) is 5.41 Å². The number of hydrogen-bond donors (Lipinski definition) is 4. The summed E-state index contributed by atoms with van der Waals surface area (Å²) in [7, 11) is 0. The first kappa shape index (κ1) is 37.4. The van der Waals surface area contributed by atoms with Crippen LogP contribution in [0.5, 0.6) is 11.5 Å². The van der Waals surface area contributed by atoms with Crippen LogP contribution in [0.1, 0.15) is 58.4 Å². The highest BCUT2D eigenvalue weighted by Crippen LogP contribution is 2.31. The Kier molecular flexibility index (Phi) is 14.1. The second-order valence-corrected chi connectivity index (χ2v) is 12.1. The Balaban J connectivity index is 1.40. The van der Waals surface area contributed by atoms with Crippen molar-refractivity contribution in [3.05, 3.63) is 35.9 Å². The maximum absolute atomic E-state index is 12.3. The van der Waals surface area contributed by atoms with Crippen molar-refractivity contribution in [2.45, 2.75) is 84.1 Å². The predicted octanol–water partition coefficient (Wildman–Crippen LogP) is 1.07. The molecule has 1 aromatic carbocycles. The molecule has 3 rings (SSSR count). The lowest BCUT2D eigenvalue weighted by molar-refractivity contribution is -0.228. The van der Waals surface area contributed by atoms with Crippen LogP contribution in [0.25, 0.3) is 0 Å². The summed E-state index contributed by atoms with van der Waals surface area (Å²) in [5.41, 5.74) is -0.306. The number of carbonyl (C=O) groups is 5. The van der Waals surface area contributed by atoms with E-state index in [1.807, 2.05) is 0 Å². The van der Waals surface area contributed by atoms with Crippen LogP contribution in [0.3, 0.4) is 0 Å². The van der Waals surface area contributed by atoms with E-state index in [0.29, 0.717) is 50.1 Å². The lowest BCUT2D eigenvalue weighted by atomic mass is 9.97. The van der Waals surface area contributed by atoms with E-state index in [1.165, 1.54) is 23.1 Å². The van der Waals surface area contributed by atoms with E-state index in [2.05, 4.69) is 5.32 Å². The van der Waals surface area contributed by atoms with Crippen LogP contribution in [0.2, 0.25) is 0 Å². The van der Waals surface area contributed by atoms with Gasteiger partial charge in [-0.15, -0.1) is 0 Å². The molecule has 0 bridgehead atoms. The molecular weight excluding hydrogens is 620 g/mol. The summed E-state index contributed by atoms with van der Waals surface area (Å²) < 4.78 is 27.9. The number of unbranched alkanes of at least 4 members (excludes halogenated alkanes) is 2. The fraction of sp³-hybridized carbons (Fsp3) is 0.594. The average molecular weight is 665 g/mol. The molecule has 4 atom stereocenters. The van der Waals surface area contributed by atoms with Crippen molar-refractivity contribution in [3.63, 3.8) is 0 Å². The third-order valence-corrected chi connectivity index (χ3v) is 7.20. The Labute approximate surface area is 272 Å². The summed E-state index contributed by atoms with van der Waals surface area (Å²) in [4.78, 5) is 60.1. The molecule has 0 radical (unpaired) electrons. The van der Waals surface area contributed by atoms with Crippen molar-refractivity contribution in [1.82, 2.24) is 10.2 Å². The van der Waals surface area contributed by atoms with Crippen molar-refractivity contribution >= 4 is 29.7 Å². The highest BCUT2D eigenvalue weighted by Gasteiger charge is 2.42. The SMILES string of the molecule is CC(C)(C)C(=O)OCc1ccc(OCCOCCNC(=O)CCCCCN2C(=O)C=CC2=O)cc1O[C@H]1C[C@@H](O)[C@H](O)[C@@H](C(=O)O)O1. The van der Waals surface area contributed by atoms with Gasteiger partial charge in [-0.2, -0.15) is 0 Å². The number of nitrogens with one attached hydrogen (secondary N) is 1. The third kappa shape index (κ3) is 11.9. The predicted molar refractivity (Wildman–Crippen MR) is 163 cm³/mol. The Morgan fingerprint density at radius 2 is 1.74 bits per heavy atom. The molecule has 0 saturated carbocycles. The molecule has 0 aliphatic carbocycles. The number of esters is 1. The summed E-state index contributed by atoms with van der Waals surface area (Å²) in [5, 5.41) is 32.2. The van der Waals surface area contributed by atoms with E-state index in [1.54, 1.807) is 32.9 Å². The molecule has 2 aliphatic rings. The van der Waals surface area contributed by atoms with Gasteiger partial charge in [0.25, 0.3) is 11.8 Å². The molecule has 2 aliphatic heterocycles. The molecule has 47 heavy (non-hydrogen) atoms. The molecule has 260 valence electrons. The van der Waals surface area contributed by atoms with Crippen LogP contribution in [-0.4, -0.2) is 107 Å². The normalized spacial score (nSPS) is 21.1. The number of benzene rings is 1. The number of hydrogen-bond acceptors (Lipinski definition) is 12. The zero-order chi connectivity index (χ0) is 34.6. The van der Waals surface area contributed by atoms with Gasteiger partial charge in [-0.25, -0.2) is 4.79 Å². The van der Waals surface area contributed by atoms with Gasteiger partial charge in [0.2, 0.25) is 12.2 Å². The maximum Gasteiger partial charge on any atom is 0.335 e. The number of aliphatic carboxylic acids is 1. The van der Waals surface area contributed by atoms with E-state index >= 15 is 0 Å². The van der Waals surface area contributed by atoms with Crippen LogP contribution >= 0.6 is 0 Å². The van der Waals surface area contributed by atoms with Crippen LogP contribution in [0, 0.1) is 5.41 Å². The highest BCUT2D eigenvalue weighted by molar-refractivity contribution is 6.12. The number of carbonyl (C=O) groups excluding carboxylic acids is 4. The molecule has 2 heterocycles. The zero-order valence-electron chi connectivity index (χ0n) is 26.8. The van der Waals surface area contributed by atoms with E-state index < -0.39 is 42.0 Å². The number of amides is 3. The fourth-order valence-corrected chi connectivity index (χ4v) is 4.53. The molecule has 15 nitrogen and oxygen atoms in total. The van der Waals surface area contributed by atoms with Gasteiger partial charge < -0.3 is 44.3 Å². The minimum atomic E-state index is -1.70. The third-order valence-electron chi connectivity index (χ3n) is 7.20. The number of carboxylic acid groups (broad SMARTS) is 1. The van der Waals surface area contributed by atoms with E-state index in [0.717, 1.165) is 0 Å². The van der Waals surface area contributed by atoms with E-state index in [4.69, 9.17) is 23.7 Å². The van der Waals surface area contributed by atoms with Crippen LogP contribution in [0.15, 0.2) is 30.4 Å². The standard InChI is InChI=1S/C32H44N2O13/c1-32(2,3)31(42)45-19-20-8-9-21(17-23(20)46-27-18-22(35)28(39)29(47-27)30(40)41)44-16-15-43-14-12-33-24(36)7-5-4-6-13-34-25(37)10-11-26(34)38/h8-11,17,22,27-29,35,39H,4-7,12-16,18-19H2,1-3H3,(H,33,36)(H,40,41)/t22-,27-,28+,29+/m1/s1. The zero-order valence-corrected chi connectivity index (χ0v) is 26.8. The molecule has 3 amide bonds. The first-order valence-corrected chi connectivity index (χ1v) is 15.5. The van der Waals surface area contributed by atoms with Gasteiger partial charge in [0.05, 0.1) is 24.7 Å². The first-order chi connectivity index (χ1) is 22.3. The van der Waals surface area contributed by atoms with Crippen molar-refractivity contribution in [3.8, 4) is 11.5 Å². The van der Waals surface area contributed by atoms with Gasteiger partial charge in [-0.05, 0) is 45.7 Å². The summed E-state index contributed by atoms with van der Waals surface area (Å²) in [6.45, 7) is 6.23. The minimum absolute atomic E-state index is 0.126. The number of ether oxygens (including phenoxy) is 5. The molecule has 15 heteroatoms. The fourth-order valence-electron chi connectivity index (χ4n) is 4.53. The Morgan fingerprint density at radius 1 is 1.02 bits per heavy atom. The Hall–Kier alpha value is -4.05. The molecule has 4 N–H and O–H groups in total. The number of imide groups is 1. The summed E-state index contributed by atoms with van der Waals surface area (Å²) in [6, 6.07) is 4.75. The number of rotatable bonds is 18. The van der Waals surface area contributed by atoms with Gasteiger partial charge >= 0.3 is 11.9 Å². The molecule has 1 saturated heterocycles. The molecule has 0 aromatic heterocycles. The lowest BCUT2D eigenvalue weighted by Crippen LogP contribution is -2.53. The largest absolute Gasteiger partial charge is 0.491 e. The van der Waals surface area contributed by atoms with Gasteiger partial charge in [-0.3, -0.25) is 24.1 Å². The van der Waals surface area contributed by atoms with Gasteiger partial charge in [-0.1, -0.05) is 6.42 Å². The summed E-state index contributed by atoms with van der Waals surface area (Å²) in [6.07, 6.45) is -1.37. The van der Waals surface area contributed by atoms with Gasteiger partial charge in [0, 0.05) is 49.7 Å². The second kappa shape index (κ2) is 17.8. The minimum Gasteiger partial charge on any atom is -0.491 e. The van der Waals surface area contributed by atoms with E-state index in [-0.39, 0.29) is 56.3 Å². The first-order valence-electron chi connectivity index (χ1n) is 15.5. The smallest absolute Gasteiger partial charge is 0.335 e. The van der Waals surface area contributed by atoms with Crippen molar-refractivity contribution < 1.29 is 63.0 Å². The number of aliphatic hydroxyl groups is 2. The topological polar surface area (TPSA) is 207 Å². The average Bonchev–Trinajstić information content (AvgIpc) is 3.33. The van der Waals surface area contributed by atoms with Crippen molar-refractivity contribution in [2.75, 3.05) is 32.9 Å². The lowest BCUT2D eigenvalue weighted by Gasteiger charge is -2.35. The molecule has 1 fully saturated rings. The Bertz CT molecular complexity index is 1270. The number of carboxylic acids is 1. The van der Waals surface area contributed by atoms with Gasteiger partial charge in [0.15, 0.2) is 6.10 Å². The van der Waals surface area contributed by atoms with Crippen LogP contribution < -0.4 is 14.8 Å². The number of aliphatic hydroxyl groups excluding tert-OH is 2. The molecule has 0 spiro atoms. The monoisotopic (exact) mass is 664 g/mol. The molecule has 0 unspecified atom stereocenters. The second-order valence-electron chi connectivity index (χ2n) is 12.1. The van der Waals surface area contributed by atoms with E-state index in [9.17, 15) is 39.3 Å². The quantitative estimate of drug-likeness (QED) is 0.0985. The van der Waals surface area contributed by atoms with Crippen molar-refractivity contribution in [1.29, 1.82) is 0 Å². The summed E-state index contributed by atoms with van der Waals surface area (Å²) >= 11 is 0. The van der Waals surface area contributed by atoms with Crippen LogP contribution in [-0.2, 0) is 44.8 Å². The molecule has 1 aromatic rings. The maximum atomic E-state index is 12.3. The van der Waals surface area contributed by atoms with Crippen LogP contribution in [0.4, 0.5) is 0 Å². The van der Waals surface area contributed by atoms with Gasteiger partial charge in [0.1, 0.15) is 30.8 Å². The Morgan fingerprint density at radius 3 is 2.43 bits per heavy atom. The highest BCUT2D eigenvalue weighted by atomic mass is 16.7. The number of nitrogens with zero attached hydrogens (tertiary/aromatic N) is 1.